The van der Waals surface area contributed by atoms with Crippen molar-refractivity contribution in [3.63, 3.8) is 0 Å². The number of nitrogens with zero attached hydrogens (tertiary/aromatic N) is 1. The van der Waals surface area contributed by atoms with E-state index in [4.69, 9.17) is 5.73 Å². The van der Waals surface area contributed by atoms with Crippen molar-refractivity contribution in [2.75, 3.05) is 12.8 Å². The van der Waals surface area contributed by atoms with Crippen LogP contribution >= 0.6 is 11.8 Å². The lowest BCUT2D eigenvalue weighted by atomic mass is 9.78. The minimum absolute atomic E-state index is 0.0428. The number of carboxylic acids is 1. The van der Waals surface area contributed by atoms with Crippen LogP contribution in [0.15, 0.2) is 10.6 Å². The number of nitrogens with one attached hydrogen (secondary N) is 2. The molecule has 0 aromatic rings. The van der Waals surface area contributed by atoms with E-state index in [1.54, 1.807) is 13.2 Å². The van der Waals surface area contributed by atoms with Crippen LogP contribution in [0.25, 0.3) is 0 Å². The molecule has 9 nitrogen and oxygen atoms in total. The Hall–Kier alpha value is -2.07. The summed E-state index contributed by atoms with van der Waals surface area (Å²) in [6, 6.07) is -1.46. The molecule has 1 fully saturated rings. The van der Waals surface area contributed by atoms with Crippen molar-refractivity contribution in [1.82, 2.24) is 15.5 Å². The number of carbonyl (C=O) groups is 4. The van der Waals surface area contributed by atoms with Crippen LogP contribution in [0.2, 0.25) is 0 Å². The SMILES string of the molecule is CSC1=C(C(=O)O)N2C(=O)[C@H]([C@H](C)NC(=O)CNC(=O)[C@@H](N)CC(C)C)[C@H]2[C@H]1C. The number of fused-ring (bicyclic) bond motifs is 1. The van der Waals surface area contributed by atoms with Crippen molar-refractivity contribution in [3.8, 4) is 0 Å². The maximum absolute atomic E-state index is 12.6. The molecule has 0 bridgehead atoms. The van der Waals surface area contributed by atoms with Crippen LogP contribution in [0.5, 0.6) is 0 Å². The van der Waals surface area contributed by atoms with E-state index in [1.807, 2.05) is 20.8 Å². The van der Waals surface area contributed by atoms with Crippen LogP contribution in [0, 0.1) is 17.8 Å². The molecule has 0 spiro atoms. The quantitative estimate of drug-likeness (QED) is 0.384. The third-order valence-corrected chi connectivity index (χ3v) is 6.43. The molecule has 2 rings (SSSR count). The van der Waals surface area contributed by atoms with Gasteiger partial charge < -0.3 is 26.4 Å². The number of rotatable bonds is 9. The molecule has 10 heteroatoms. The van der Waals surface area contributed by atoms with E-state index in [2.05, 4.69) is 10.6 Å². The highest BCUT2D eigenvalue weighted by atomic mass is 32.2. The molecular weight excluding hydrogens is 396 g/mol. The van der Waals surface area contributed by atoms with Gasteiger partial charge in [0, 0.05) is 16.9 Å². The molecule has 2 heterocycles. The summed E-state index contributed by atoms with van der Waals surface area (Å²) >= 11 is 1.33. The number of carbonyl (C=O) groups excluding carboxylic acids is 3. The van der Waals surface area contributed by atoms with E-state index in [1.165, 1.54) is 16.7 Å². The Balaban J connectivity index is 1.93. The molecular formula is C19H30N4O5S. The third-order valence-electron chi connectivity index (χ3n) is 5.42. The van der Waals surface area contributed by atoms with Gasteiger partial charge in [0.15, 0.2) is 0 Å². The van der Waals surface area contributed by atoms with Gasteiger partial charge in [-0.3, -0.25) is 14.4 Å². The lowest BCUT2D eigenvalue weighted by molar-refractivity contribution is -0.158. The lowest BCUT2D eigenvalue weighted by Crippen LogP contribution is -2.66. The number of amides is 3. The number of β-lactam (4-membered cyclic amide) rings is 1. The van der Waals surface area contributed by atoms with Gasteiger partial charge in [-0.15, -0.1) is 11.8 Å². The Kier molecular flexibility index (Phi) is 7.34. The summed E-state index contributed by atoms with van der Waals surface area (Å²) in [5.41, 5.74) is 5.83. The van der Waals surface area contributed by atoms with E-state index in [-0.39, 0.29) is 36.0 Å². The molecule has 0 radical (unpaired) electrons. The number of thioether (sulfide) groups is 1. The van der Waals surface area contributed by atoms with Gasteiger partial charge in [0.05, 0.1) is 24.5 Å². The highest BCUT2D eigenvalue weighted by Crippen LogP contribution is 2.49. The maximum atomic E-state index is 12.6. The zero-order valence-corrected chi connectivity index (χ0v) is 18.2. The summed E-state index contributed by atoms with van der Waals surface area (Å²) in [4.78, 5) is 50.4. The summed E-state index contributed by atoms with van der Waals surface area (Å²) < 4.78 is 0. The van der Waals surface area contributed by atoms with Crippen LogP contribution in [0.4, 0.5) is 0 Å². The van der Waals surface area contributed by atoms with Crippen molar-refractivity contribution in [2.45, 2.75) is 52.2 Å². The molecule has 5 N–H and O–H groups in total. The second-order valence-electron chi connectivity index (χ2n) is 8.05. The summed E-state index contributed by atoms with van der Waals surface area (Å²) in [6.07, 6.45) is 2.31. The second kappa shape index (κ2) is 9.17. The fourth-order valence-electron chi connectivity index (χ4n) is 4.12. The van der Waals surface area contributed by atoms with Crippen LogP contribution in [0.1, 0.15) is 34.1 Å². The Morgan fingerprint density at radius 3 is 2.41 bits per heavy atom. The standard InChI is InChI=1S/C19H30N4O5S/c1-8(2)6-11(20)17(25)21-7-12(24)22-10(4)13-14-9(3)16(29-5)15(19(27)28)23(14)18(13)26/h8-11,13-14H,6-7,20H2,1-5H3,(H,21,25)(H,22,24)(H,27,28)/t9-,10+,11+,13-,14-/m1/s1. The highest BCUT2D eigenvalue weighted by molar-refractivity contribution is 8.02. The van der Waals surface area contributed by atoms with Gasteiger partial charge >= 0.3 is 5.97 Å². The molecule has 0 saturated carbocycles. The van der Waals surface area contributed by atoms with E-state index in [9.17, 15) is 24.3 Å². The van der Waals surface area contributed by atoms with Gasteiger partial charge in [-0.25, -0.2) is 4.79 Å². The Bertz CT molecular complexity index is 738. The first-order valence-corrected chi connectivity index (χ1v) is 10.9. The Morgan fingerprint density at radius 1 is 1.28 bits per heavy atom. The first kappa shape index (κ1) is 23.2. The number of nitrogens with two attached hydrogens (primary N) is 1. The first-order valence-electron chi connectivity index (χ1n) is 9.68. The van der Waals surface area contributed by atoms with Crippen LogP contribution in [-0.2, 0) is 19.2 Å². The van der Waals surface area contributed by atoms with Gasteiger partial charge in [0.2, 0.25) is 17.7 Å². The van der Waals surface area contributed by atoms with Gasteiger partial charge in [-0.05, 0) is 25.5 Å². The monoisotopic (exact) mass is 426 g/mol. The predicted octanol–water partition coefficient (Wildman–Crippen LogP) is 0.117. The molecule has 162 valence electrons. The van der Waals surface area contributed by atoms with E-state index in [0.717, 1.165) is 0 Å². The molecule has 0 unspecified atom stereocenters. The largest absolute Gasteiger partial charge is 0.477 e. The number of hydrogen-bond donors (Lipinski definition) is 4. The summed E-state index contributed by atoms with van der Waals surface area (Å²) in [6.45, 7) is 7.29. The topological polar surface area (TPSA) is 142 Å². The van der Waals surface area contributed by atoms with E-state index >= 15 is 0 Å². The Morgan fingerprint density at radius 2 is 1.90 bits per heavy atom. The van der Waals surface area contributed by atoms with E-state index in [0.29, 0.717) is 11.3 Å². The number of carboxylic acid groups (broad SMARTS) is 1. The van der Waals surface area contributed by atoms with Crippen LogP contribution in [-0.4, -0.2) is 64.6 Å². The van der Waals surface area contributed by atoms with Gasteiger partial charge in [0.25, 0.3) is 0 Å². The van der Waals surface area contributed by atoms with Crippen molar-refractivity contribution < 1.29 is 24.3 Å². The number of aliphatic carboxylic acids is 1. The average molecular weight is 427 g/mol. The molecule has 3 amide bonds. The van der Waals surface area contributed by atoms with Crippen LogP contribution in [0.3, 0.4) is 0 Å². The van der Waals surface area contributed by atoms with Gasteiger partial charge in [-0.1, -0.05) is 20.8 Å². The second-order valence-corrected chi connectivity index (χ2v) is 8.89. The molecule has 0 aromatic heterocycles. The predicted molar refractivity (Wildman–Crippen MR) is 110 cm³/mol. The highest BCUT2D eigenvalue weighted by Gasteiger charge is 2.60. The minimum atomic E-state index is -1.12. The summed E-state index contributed by atoms with van der Waals surface area (Å²) in [5, 5.41) is 14.7. The van der Waals surface area contributed by atoms with Gasteiger partial charge in [0.1, 0.15) is 5.70 Å². The molecule has 2 aliphatic rings. The zero-order chi connectivity index (χ0) is 22.0. The van der Waals surface area contributed by atoms with E-state index < -0.39 is 35.8 Å². The molecule has 2 aliphatic heterocycles. The summed E-state index contributed by atoms with van der Waals surface area (Å²) in [5.74, 6) is -2.60. The fourth-order valence-corrected chi connectivity index (χ4v) is 5.01. The third kappa shape index (κ3) is 4.58. The van der Waals surface area contributed by atoms with Crippen LogP contribution < -0.4 is 16.4 Å². The Labute approximate surface area is 174 Å². The normalized spacial score (nSPS) is 25.4. The smallest absolute Gasteiger partial charge is 0.353 e. The molecule has 0 aliphatic carbocycles. The van der Waals surface area contributed by atoms with Crippen molar-refractivity contribution in [3.05, 3.63) is 10.6 Å². The number of hydrogen-bond acceptors (Lipinski definition) is 6. The van der Waals surface area contributed by atoms with Crippen molar-refractivity contribution in [2.24, 2.45) is 23.5 Å². The van der Waals surface area contributed by atoms with Crippen molar-refractivity contribution in [1.29, 1.82) is 0 Å². The minimum Gasteiger partial charge on any atom is -0.477 e. The first-order chi connectivity index (χ1) is 13.5. The summed E-state index contributed by atoms with van der Waals surface area (Å²) in [7, 11) is 0. The zero-order valence-electron chi connectivity index (χ0n) is 17.4. The maximum Gasteiger partial charge on any atom is 0.353 e. The van der Waals surface area contributed by atoms with Gasteiger partial charge in [-0.2, -0.15) is 0 Å². The molecule has 0 aromatic carbocycles. The van der Waals surface area contributed by atoms with Crippen molar-refractivity contribution >= 4 is 35.5 Å². The molecule has 29 heavy (non-hydrogen) atoms. The fraction of sp³-hybridized carbons (Fsp3) is 0.684. The lowest BCUT2D eigenvalue weighted by Gasteiger charge is -2.47. The molecule has 1 saturated heterocycles. The average Bonchev–Trinajstić information content (AvgIpc) is 2.87. The molecule has 5 atom stereocenters.